The summed E-state index contributed by atoms with van der Waals surface area (Å²) in [5.74, 6) is 2.67. The predicted molar refractivity (Wildman–Crippen MR) is 72.5 cm³/mol. The van der Waals surface area contributed by atoms with Gasteiger partial charge >= 0.3 is 0 Å². The van der Waals surface area contributed by atoms with Gasteiger partial charge in [-0.05, 0) is 36.0 Å². The molecular weight excluding hydrogens is 200 g/mol. The topological polar surface area (TPSA) is 0 Å². The summed E-state index contributed by atoms with van der Waals surface area (Å²) in [7, 11) is 0. The molecule has 0 bridgehead atoms. The first-order valence-electron chi connectivity index (χ1n) is 6.58. The summed E-state index contributed by atoms with van der Waals surface area (Å²) < 4.78 is 0. The van der Waals surface area contributed by atoms with Crippen LogP contribution in [-0.4, -0.2) is 5.25 Å². The molecule has 1 rings (SSSR count). The summed E-state index contributed by atoms with van der Waals surface area (Å²) in [5.41, 5.74) is 0.429. The fourth-order valence-electron chi connectivity index (χ4n) is 3.27. The molecule has 0 N–H and O–H groups in total. The molecule has 0 radical (unpaired) electrons. The molecule has 4 unspecified atom stereocenters. The Morgan fingerprint density at radius 1 is 1.00 bits per heavy atom. The van der Waals surface area contributed by atoms with Crippen LogP contribution in [0.1, 0.15) is 60.3 Å². The molecule has 0 nitrogen and oxygen atoms in total. The van der Waals surface area contributed by atoms with Gasteiger partial charge in [0.15, 0.2) is 0 Å². The van der Waals surface area contributed by atoms with Crippen LogP contribution in [0.5, 0.6) is 0 Å². The lowest BCUT2D eigenvalue weighted by Gasteiger charge is -2.45. The molecule has 0 amide bonds. The van der Waals surface area contributed by atoms with E-state index in [-0.39, 0.29) is 0 Å². The van der Waals surface area contributed by atoms with E-state index in [1.165, 1.54) is 25.7 Å². The number of hydrogen-bond acceptors (Lipinski definition) is 1. The van der Waals surface area contributed by atoms with E-state index in [0.717, 1.165) is 17.8 Å². The van der Waals surface area contributed by atoms with E-state index < -0.39 is 0 Å². The molecule has 0 aromatic heterocycles. The van der Waals surface area contributed by atoms with Crippen LogP contribution in [0.2, 0.25) is 0 Å². The Morgan fingerprint density at radius 3 is 1.87 bits per heavy atom. The average Bonchev–Trinajstić information content (AvgIpc) is 2.15. The molecule has 1 saturated carbocycles. The standard InChI is InChI=1S/C14H28S/c1-6-10-8-12(14(3,4)5)13(15)9-11(10)7-2/h10-13,15H,6-9H2,1-5H3. The molecule has 4 atom stereocenters. The molecule has 90 valence electrons. The third kappa shape index (κ3) is 3.15. The second-order valence-corrected chi connectivity index (χ2v) is 7.01. The Labute approximate surface area is 102 Å². The normalized spacial score (nSPS) is 38.0. The van der Waals surface area contributed by atoms with Gasteiger partial charge in [0, 0.05) is 5.25 Å². The second kappa shape index (κ2) is 5.12. The van der Waals surface area contributed by atoms with Crippen molar-refractivity contribution in [3.8, 4) is 0 Å². The van der Waals surface area contributed by atoms with Crippen LogP contribution in [0, 0.1) is 23.2 Å². The third-order valence-corrected chi connectivity index (χ3v) is 4.96. The van der Waals surface area contributed by atoms with Gasteiger partial charge in [0.25, 0.3) is 0 Å². The number of hydrogen-bond donors (Lipinski definition) is 1. The van der Waals surface area contributed by atoms with E-state index in [1.807, 2.05) is 0 Å². The van der Waals surface area contributed by atoms with Crippen molar-refractivity contribution in [2.45, 2.75) is 65.6 Å². The Morgan fingerprint density at radius 2 is 1.47 bits per heavy atom. The molecule has 1 aliphatic carbocycles. The largest absolute Gasteiger partial charge is 0.176 e. The molecule has 0 aromatic carbocycles. The second-order valence-electron chi connectivity index (χ2n) is 6.35. The zero-order valence-corrected chi connectivity index (χ0v) is 12.0. The highest BCUT2D eigenvalue weighted by atomic mass is 32.1. The first kappa shape index (κ1) is 13.4. The summed E-state index contributed by atoms with van der Waals surface area (Å²) in [6.07, 6.45) is 5.42. The first-order valence-corrected chi connectivity index (χ1v) is 7.09. The fraction of sp³-hybridized carbons (Fsp3) is 1.00. The Hall–Kier alpha value is 0.350. The molecule has 0 heterocycles. The monoisotopic (exact) mass is 228 g/mol. The lowest BCUT2D eigenvalue weighted by atomic mass is 9.64. The maximum absolute atomic E-state index is 4.84. The predicted octanol–water partition coefficient (Wildman–Crippen LogP) is 4.79. The van der Waals surface area contributed by atoms with Crippen molar-refractivity contribution < 1.29 is 0 Å². The average molecular weight is 228 g/mol. The van der Waals surface area contributed by atoms with Crippen LogP contribution >= 0.6 is 12.6 Å². The minimum atomic E-state index is 0.429. The van der Waals surface area contributed by atoms with E-state index in [0.29, 0.717) is 10.7 Å². The van der Waals surface area contributed by atoms with E-state index in [4.69, 9.17) is 12.6 Å². The molecule has 1 fully saturated rings. The van der Waals surface area contributed by atoms with Gasteiger partial charge < -0.3 is 0 Å². The maximum atomic E-state index is 4.84. The highest BCUT2D eigenvalue weighted by Crippen LogP contribution is 2.46. The Balaban J connectivity index is 2.72. The molecule has 0 aromatic rings. The van der Waals surface area contributed by atoms with Crippen LogP contribution < -0.4 is 0 Å². The van der Waals surface area contributed by atoms with Gasteiger partial charge in [-0.15, -0.1) is 0 Å². The van der Waals surface area contributed by atoms with E-state index >= 15 is 0 Å². The lowest BCUT2D eigenvalue weighted by Crippen LogP contribution is -2.39. The minimum Gasteiger partial charge on any atom is -0.176 e. The van der Waals surface area contributed by atoms with Crippen molar-refractivity contribution in [1.29, 1.82) is 0 Å². The molecular formula is C14H28S. The van der Waals surface area contributed by atoms with Gasteiger partial charge in [0.2, 0.25) is 0 Å². The van der Waals surface area contributed by atoms with Crippen molar-refractivity contribution in [3.05, 3.63) is 0 Å². The van der Waals surface area contributed by atoms with Gasteiger partial charge in [-0.1, -0.05) is 47.5 Å². The zero-order valence-electron chi connectivity index (χ0n) is 11.1. The van der Waals surface area contributed by atoms with Crippen molar-refractivity contribution in [1.82, 2.24) is 0 Å². The van der Waals surface area contributed by atoms with Gasteiger partial charge in [-0.3, -0.25) is 0 Å². The fourth-order valence-corrected chi connectivity index (χ4v) is 4.11. The SMILES string of the molecule is CCC1CC(S)C(C(C)(C)C)CC1CC. The highest BCUT2D eigenvalue weighted by molar-refractivity contribution is 7.81. The molecule has 15 heavy (non-hydrogen) atoms. The van der Waals surface area contributed by atoms with Crippen molar-refractivity contribution >= 4 is 12.6 Å². The molecule has 0 aliphatic heterocycles. The van der Waals surface area contributed by atoms with Crippen LogP contribution in [0.25, 0.3) is 0 Å². The minimum absolute atomic E-state index is 0.429. The summed E-state index contributed by atoms with van der Waals surface area (Å²) in [4.78, 5) is 0. The smallest absolute Gasteiger partial charge is 0.00529 e. The molecule has 1 aliphatic rings. The first-order chi connectivity index (χ1) is 6.90. The maximum Gasteiger partial charge on any atom is 0.00529 e. The van der Waals surface area contributed by atoms with Crippen LogP contribution in [0.4, 0.5) is 0 Å². The van der Waals surface area contributed by atoms with Crippen molar-refractivity contribution in [3.63, 3.8) is 0 Å². The molecule has 0 spiro atoms. The van der Waals surface area contributed by atoms with Gasteiger partial charge in [-0.2, -0.15) is 12.6 Å². The summed E-state index contributed by atoms with van der Waals surface area (Å²) in [6.45, 7) is 11.8. The third-order valence-electron chi connectivity index (χ3n) is 4.39. The van der Waals surface area contributed by atoms with E-state index in [2.05, 4.69) is 34.6 Å². The van der Waals surface area contributed by atoms with Crippen molar-refractivity contribution in [2.24, 2.45) is 23.2 Å². The van der Waals surface area contributed by atoms with Crippen LogP contribution in [0.3, 0.4) is 0 Å². The van der Waals surface area contributed by atoms with E-state index in [9.17, 15) is 0 Å². The highest BCUT2D eigenvalue weighted by Gasteiger charge is 2.39. The summed E-state index contributed by atoms with van der Waals surface area (Å²) >= 11 is 4.84. The number of rotatable bonds is 2. The number of thiol groups is 1. The summed E-state index contributed by atoms with van der Waals surface area (Å²) in [6, 6.07) is 0. The molecule has 1 heteroatoms. The Bertz CT molecular complexity index is 192. The quantitative estimate of drug-likeness (QED) is 0.645. The van der Waals surface area contributed by atoms with Crippen LogP contribution in [-0.2, 0) is 0 Å². The lowest BCUT2D eigenvalue weighted by molar-refractivity contribution is 0.101. The van der Waals surface area contributed by atoms with E-state index in [1.54, 1.807) is 0 Å². The molecule has 0 saturated heterocycles. The van der Waals surface area contributed by atoms with Crippen LogP contribution in [0.15, 0.2) is 0 Å². The van der Waals surface area contributed by atoms with Crippen molar-refractivity contribution in [2.75, 3.05) is 0 Å². The van der Waals surface area contributed by atoms with Gasteiger partial charge in [0.1, 0.15) is 0 Å². The zero-order chi connectivity index (χ0) is 11.6. The van der Waals surface area contributed by atoms with Gasteiger partial charge in [0.05, 0.1) is 0 Å². The Kier molecular flexibility index (Phi) is 4.58. The van der Waals surface area contributed by atoms with Gasteiger partial charge in [-0.25, -0.2) is 0 Å². The summed E-state index contributed by atoms with van der Waals surface area (Å²) in [5, 5.41) is 0.623.